The number of fused-ring (bicyclic) bond motifs is 1. The third kappa shape index (κ3) is 9.89. The highest BCUT2D eigenvalue weighted by Gasteiger charge is 2.26. The number of ether oxygens (including phenoxy) is 1. The summed E-state index contributed by atoms with van der Waals surface area (Å²) < 4.78 is 4.93. The first-order chi connectivity index (χ1) is 19.7. The van der Waals surface area contributed by atoms with Crippen molar-refractivity contribution in [1.29, 1.82) is 0 Å². The van der Waals surface area contributed by atoms with Crippen molar-refractivity contribution in [2.75, 3.05) is 32.2 Å². The second-order valence-corrected chi connectivity index (χ2v) is 11.4. The summed E-state index contributed by atoms with van der Waals surface area (Å²) in [6.45, 7) is 7.09. The minimum Gasteiger partial charge on any atom is -0.467 e. The number of H-pyrrole nitrogens is 1. The maximum absolute atomic E-state index is 13.3. The van der Waals surface area contributed by atoms with Crippen molar-refractivity contribution in [2.45, 2.75) is 58.7 Å². The van der Waals surface area contributed by atoms with Crippen LogP contribution in [0.15, 0.2) is 48.7 Å². The van der Waals surface area contributed by atoms with E-state index in [1.54, 1.807) is 18.0 Å². The third-order valence-corrected chi connectivity index (χ3v) is 7.96. The van der Waals surface area contributed by atoms with Gasteiger partial charge in [-0.3, -0.25) is 14.5 Å². The molecular formula is C31H43N5O4S. The number of methoxy groups -OCH3 is 1. The molecule has 222 valence electrons. The van der Waals surface area contributed by atoms with Crippen molar-refractivity contribution in [2.24, 2.45) is 5.92 Å². The number of imidazole rings is 1. The Morgan fingerprint density at radius 3 is 2.54 bits per heavy atom. The van der Waals surface area contributed by atoms with Gasteiger partial charge in [0.05, 0.1) is 20.1 Å². The Labute approximate surface area is 247 Å². The molecule has 41 heavy (non-hydrogen) atoms. The van der Waals surface area contributed by atoms with E-state index in [1.807, 2.05) is 31.4 Å². The zero-order valence-corrected chi connectivity index (χ0v) is 25.6. The van der Waals surface area contributed by atoms with Gasteiger partial charge >= 0.3 is 5.97 Å². The van der Waals surface area contributed by atoms with E-state index >= 15 is 0 Å². The number of carbonyl (C=O) groups is 3. The number of benzene rings is 2. The SMILES string of the molecule is CC[C@H](C)[C@@H](CN(CC(=O)N[C@@H](CCSC)C(=O)OC)Cc1cccc2ccccc12)NC(=O)Cc1cnc(C)[nH]1. The summed E-state index contributed by atoms with van der Waals surface area (Å²) in [5, 5.41) is 8.33. The molecule has 0 aliphatic carbocycles. The molecule has 2 amide bonds. The molecule has 0 saturated heterocycles. The highest BCUT2D eigenvalue weighted by molar-refractivity contribution is 7.98. The Bertz CT molecular complexity index is 1290. The number of hydrogen-bond donors (Lipinski definition) is 3. The normalized spacial score (nSPS) is 13.5. The summed E-state index contributed by atoms with van der Waals surface area (Å²) >= 11 is 1.61. The molecule has 3 rings (SSSR count). The average Bonchev–Trinajstić information content (AvgIpc) is 3.37. The quantitative estimate of drug-likeness (QED) is 0.220. The number of rotatable bonds is 16. The minimum atomic E-state index is -0.706. The van der Waals surface area contributed by atoms with Crippen LogP contribution in [0.4, 0.5) is 0 Å². The van der Waals surface area contributed by atoms with E-state index in [0.717, 1.165) is 40.0 Å². The lowest BCUT2D eigenvalue weighted by Crippen LogP contribution is -2.51. The molecule has 0 unspecified atom stereocenters. The molecule has 9 nitrogen and oxygen atoms in total. The van der Waals surface area contributed by atoms with Crippen LogP contribution >= 0.6 is 11.8 Å². The van der Waals surface area contributed by atoms with Gasteiger partial charge in [0, 0.05) is 31.0 Å². The fraction of sp³-hybridized carbons (Fsp3) is 0.484. The number of nitrogens with one attached hydrogen (secondary N) is 3. The van der Waals surface area contributed by atoms with Gasteiger partial charge in [-0.15, -0.1) is 0 Å². The summed E-state index contributed by atoms with van der Waals surface area (Å²) in [5.74, 6) is 0.843. The monoisotopic (exact) mass is 581 g/mol. The number of amides is 2. The summed E-state index contributed by atoms with van der Waals surface area (Å²) in [4.78, 5) is 48.1. The maximum Gasteiger partial charge on any atom is 0.328 e. The lowest BCUT2D eigenvalue weighted by molar-refractivity contribution is -0.145. The standard InChI is InChI=1S/C31H43N5O4S/c1-6-21(2)28(35-29(37)16-25-17-32-22(3)33-25)19-36(18-24-12-9-11-23-10-7-8-13-26(23)24)20-30(38)34-27(14-15-41-5)31(39)40-4/h7-13,17,21,27-28H,6,14-16,18-20H2,1-5H3,(H,32,33)(H,34,38)(H,35,37)/t21-,27-,28+/m0/s1. The maximum atomic E-state index is 13.3. The van der Waals surface area contributed by atoms with E-state index in [2.05, 4.69) is 63.6 Å². The first-order valence-electron chi connectivity index (χ1n) is 14.1. The molecule has 1 aromatic heterocycles. The Kier molecular flexibility index (Phi) is 12.7. The number of hydrogen-bond acceptors (Lipinski definition) is 7. The molecule has 2 aromatic carbocycles. The van der Waals surface area contributed by atoms with Gasteiger partial charge in [0.2, 0.25) is 11.8 Å². The van der Waals surface area contributed by atoms with Gasteiger partial charge in [-0.2, -0.15) is 11.8 Å². The first-order valence-corrected chi connectivity index (χ1v) is 15.5. The Morgan fingerprint density at radius 2 is 1.85 bits per heavy atom. The molecule has 0 spiro atoms. The van der Waals surface area contributed by atoms with Gasteiger partial charge in [0.25, 0.3) is 0 Å². The topological polar surface area (TPSA) is 116 Å². The van der Waals surface area contributed by atoms with Crippen molar-refractivity contribution < 1.29 is 19.1 Å². The van der Waals surface area contributed by atoms with Crippen LogP contribution in [-0.2, 0) is 32.1 Å². The van der Waals surface area contributed by atoms with Gasteiger partial charge in [-0.1, -0.05) is 62.7 Å². The third-order valence-electron chi connectivity index (χ3n) is 7.31. The number of aromatic nitrogens is 2. The number of aromatic amines is 1. The van der Waals surface area contributed by atoms with Crippen LogP contribution in [-0.4, -0.2) is 76.9 Å². The van der Waals surface area contributed by atoms with Crippen molar-refractivity contribution in [3.05, 3.63) is 65.7 Å². The average molecular weight is 582 g/mol. The van der Waals surface area contributed by atoms with Gasteiger partial charge < -0.3 is 20.4 Å². The molecule has 0 aliphatic heterocycles. The Balaban J connectivity index is 1.83. The first kappa shape index (κ1) is 32.1. The van der Waals surface area contributed by atoms with Crippen LogP contribution in [0.2, 0.25) is 0 Å². The fourth-order valence-corrected chi connectivity index (χ4v) is 5.32. The molecule has 0 saturated carbocycles. The molecule has 0 aliphatic rings. The van der Waals surface area contributed by atoms with E-state index in [-0.39, 0.29) is 36.7 Å². The van der Waals surface area contributed by atoms with Gasteiger partial charge in [-0.05, 0) is 47.6 Å². The van der Waals surface area contributed by atoms with E-state index < -0.39 is 12.0 Å². The lowest BCUT2D eigenvalue weighted by Gasteiger charge is -2.31. The summed E-state index contributed by atoms with van der Waals surface area (Å²) in [7, 11) is 1.33. The number of thioether (sulfide) groups is 1. The number of aryl methyl sites for hydroxylation is 1. The van der Waals surface area contributed by atoms with Crippen LogP contribution in [0.3, 0.4) is 0 Å². The molecule has 0 fully saturated rings. The van der Waals surface area contributed by atoms with Crippen LogP contribution in [0.25, 0.3) is 10.8 Å². The molecular weight excluding hydrogens is 538 g/mol. The van der Waals surface area contributed by atoms with Gasteiger partial charge in [-0.25, -0.2) is 9.78 Å². The number of esters is 1. The molecule has 1 heterocycles. The van der Waals surface area contributed by atoms with Crippen molar-refractivity contribution in [3.8, 4) is 0 Å². The number of nitrogens with zero attached hydrogens (tertiary/aromatic N) is 2. The molecule has 3 N–H and O–H groups in total. The van der Waals surface area contributed by atoms with Crippen molar-refractivity contribution >= 4 is 40.3 Å². The Hall–Kier alpha value is -3.37. The highest BCUT2D eigenvalue weighted by atomic mass is 32.2. The second kappa shape index (κ2) is 16.2. The lowest BCUT2D eigenvalue weighted by atomic mass is 9.97. The van der Waals surface area contributed by atoms with Crippen LogP contribution in [0.1, 0.15) is 43.8 Å². The van der Waals surface area contributed by atoms with Gasteiger partial charge in [0.15, 0.2) is 0 Å². The highest BCUT2D eigenvalue weighted by Crippen LogP contribution is 2.21. The number of carbonyl (C=O) groups excluding carboxylic acids is 3. The zero-order chi connectivity index (χ0) is 29.8. The minimum absolute atomic E-state index is 0.0680. The summed E-state index contributed by atoms with van der Waals surface area (Å²) in [6.07, 6.45) is 5.19. The van der Waals surface area contributed by atoms with Crippen molar-refractivity contribution in [3.63, 3.8) is 0 Å². The van der Waals surface area contributed by atoms with Gasteiger partial charge in [0.1, 0.15) is 11.9 Å². The molecule has 10 heteroatoms. The molecule has 3 atom stereocenters. The smallest absolute Gasteiger partial charge is 0.328 e. The molecule has 0 bridgehead atoms. The fourth-order valence-electron chi connectivity index (χ4n) is 4.85. The van der Waals surface area contributed by atoms with Crippen LogP contribution < -0.4 is 10.6 Å². The van der Waals surface area contributed by atoms with Crippen LogP contribution in [0, 0.1) is 12.8 Å². The van der Waals surface area contributed by atoms with E-state index in [9.17, 15) is 14.4 Å². The van der Waals surface area contributed by atoms with E-state index in [0.29, 0.717) is 19.5 Å². The predicted octanol–water partition coefficient (Wildman–Crippen LogP) is 3.86. The molecule has 3 aromatic rings. The summed E-state index contributed by atoms with van der Waals surface area (Å²) in [5.41, 5.74) is 1.85. The second-order valence-electron chi connectivity index (χ2n) is 10.5. The van der Waals surface area contributed by atoms with E-state index in [1.165, 1.54) is 7.11 Å². The van der Waals surface area contributed by atoms with E-state index in [4.69, 9.17) is 4.74 Å². The largest absolute Gasteiger partial charge is 0.467 e. The van der Waals surface area contributed by atoms with Crippen LogP contribution in [0.5, 0.6) is 0 Å². The Morgan fingerprint density at radius 1 is 1.10 bits per heavy atom. The molecule has 0 radical (unpaired) electrons. The van der Waals surface area contributed by atoms with Crippen molar-refractivity contribution in [1.82, 2.24) is 25.5 Å². The summed E-state index contributed by atoms with van der Waals surface area (Å²) in [6, 6.07) is 13.4. The predicted molar refractivity (Wildman–Crippen MR) is 165 cm³/mol. The zero-order valence-electron chi connectivity index (χ0n) is 24.7.